The number of unbranched alkanes of at least 4 members (excludes halogenated alkanes) is 1. The number of urea groups is 1. The molecule has 2 N–H and O–H groups in total. The third-order valence-corrected chi connectivity index (χ3v) is 9.67. The van der Waals surface area contributed by atoms with Crippen LogP contribution in [0, 0.1) is 5.92 Å². The van der Waals surface area contributed by atoms with E-state index in [1.807, 2.05) is 42.5 Å². The standard InChI is InChI=1S/C36H48N2O4S/c1-6-8-12-27(7-2)17-24-34(39)33(25-28-13-10-9-11-14-28)38-35(40)37-31-20-15-29(16-21-31)26-43(41,42)32-22-18-30(19-23-32)36(3,4)5/h9-11,13-16,18-23,27,33H,6-8,12,17,24-26H2,1-5H3,(H2,37,38,40)/t27?,33-/m1/s1. The second-order valence-corrected chi connectivity index (χ2v) is 14.5. The summed E-state index contributed by atoms with van der Waals surface area (Å²) in [5.41, 5.74) is 3.14. The zero-order chi connectivity index (χ0) is 31.5. The second kappa shape index (κ2) is 15.9. The predicted molar refractivity (Wildman–Crippen MR) is 176 cm³/mol. The van der Waals surface area contributed by atoms with Crippen molar-refractivity contribution in [1.82, 2.24) is 5.32 Å². The van der Waals surface area contributed by atoms with Crippen molar-refractivity contribution in [2.75, 3.05) is 5.32 Å². The second-order valence-electron chi connectivity index (χ2n) is 12.5. The van der Waals surface area contributed by atoms with Gasteiger partial charge in [-0.05, 0) is 65.1 Å². The number of rotatable bonds is 15. The molecule has 0 radical (unpaired) electrons. The Bertz CT molecular complexity index is 1410. The van der Waals surface area contributed by atoms with Gasteiger partial charge in [0, 0.05) is 12.1 Å². The summed E-state index contributed by atoms with van der Waals surface area (Å²) < 4.78 is 26.0. The van der Waals surface area contributed by atoms with Crippen LogP contribution in [-0.2, 0) is 32.2 Å². The van der Waals surface area contributed by atoms with E-state index in [4.69, 9.17) is 0 Å². The third kappa shape index (κ3) is 11.0. The van der Waals surface area contributed by atoms with Gasteiger partial charge in [-0.15, -0.1) is 0 Å². The topological polar surface area (TPSA) is 92.3 Å². The van der Waals surface area contributed by atoms with E-state index >= 15 is 0 Å². The average molecular weight is 605 g/mol. The molecule has 1 unspecified atom stereocenters. The molecule has 0 saturated heterocycles. The van der Waals surface area contributed by atoms with Crippen LogP contribution in [0.3, 0.4) is 0 Å². The summed E-state index contributed by atoms with van der Waals surface area (Å²) in [4.78, 5) is 26.6. The molecule has 0 aliphatic heterocycles. The highest BCUT2D eigenvalue weighted by Crippen LogP contribution is 2.25. The molecule has 3 aromatic rings. The maximum absolute atomic E-state index is 13.3. The molecular formula is C36H48N2O4S. The zero-order valence-corrected chi connectivity index (χ0v) is 27.2. The van der Waals surface area contributed by atoms with E-state index in [0.29, 0.717) is 30.0 Å². The molecular weight excluding hydrogens is 556 g/mol. The maximum atomic E-state index is 13.3. The Labute approximate surface area is 258 Å². The lowest BCUT2D eigenvalue weighted by Gasteiger charge is -2.20. The lowest BCUT2D eigenvalue weighted by molar-refractivity contribution is -0.121. The smallest absolute Gasteiger partial charge is 0.319 e. The van der Waals surface area contributed by atoms with Gasteiger partial charge in [0.15, 0.2) is 15.6 Å². The summed E-state index contributed by atoms with van der Waals surface area (Å²) in [6.07, 6.45) is 6.16. The molecule has 2 amide bonds. The molecule has 0 heterocycles. The van der Waals surface area contributed by atoms with E-state index in [-0.39, 0.29) is 21.8 Å². The van der Waals surface area contributed by atoms with Gasteiger partial charge in [-0.1, -0.05) is 115 Å². The van der Waals surface area contributed by atoms with Gasteiger partial charge in [0.25, 0.3) is 0 Å². The molecule has 0 fully saturated rings. The number of carbonyl (C=O) groups is 2. The van der Waals surface area contributed by atoms with Crippen LogP contribution >= 0.6 is 0 Å². The highest BCUT2D eigenvalue weighted by Gasteiger charge is 2.23. The maximum Gasteiger partial charge on any atom is 0.319 e. The van der Waals surface area contributed by atoms with Crippen molar-refractivity contribution >= 4 is 27.3 Å². The molecule has 0 aromatic heterocycles. The van der Waals surface area contributed by atoms with E-state index in [1.165, 1.54) is 0 Å². The molecule has 232 valence electrons. The third-order valence-electron chi connectivity index (χ3n) is 7.97. The quantitative estimate of drug-likeness (QED) is 0.183. The monoisotopic (exact) mass is 604 g/mol. The van der Waals surface area contributed by atoms with Crippen molar-refractivity contribution in [3.05, 3.63) is 95.6 Å². The van der Waals surface area contributed by atoms with Crippen LogP contribution in [0.15, 0.2) is 83.8 Å². The highest BCUT2D eigenvalue weighted by atomic mass is 32.2. The van der Waals surface area contributed by atoms with Gasteiger partial charge in [-0.3, -0.25) is 4.79 Å². The van der Waals surface area contributed by atoms with Crippen LogP contribution < -0.4 is 10.6 Å². The first kappa shape index (κ1) is 34.0. The number of sulfone groups is 1. The number of ketones is 1. The Morgan fingerprint density at radius 2 is 1.47 bits per heavy atom. The Balaban J connectivity index is 1.62. The van der Waals surface area contributed by atoms with Crippen LogP contribution in [0.2, 0.25) is 0 Å². The zero-order valence-electron chi connectivity index (χ0n) is 26.4. The Morgan fingerprint density at radius 1 is 0.814 bits per heavy atom. The van der Waals surface area contributed by atoms with Gasteiger partial charge in [0.05, 0.1) is 16.7 Å². The van der Waals surface area contributed by atoms with E-state index in [0.717, 1.165) is 43.2 Å². The van der Waals surface area contributed by atoms with Crippen molar-refractivity contribution in [3.63, 3.8) is 0 Å². The first-order chi connectivity index (χ1) is 20.4. The predicted octanol–water partition coefficient (Wildman–Crippen LogP) is 8.26. The molecule has 3 rings (SSSR count). The number of anilines is 1. The lowest BCUT2D eigenvalue weighted by Crippen LogP contribution is -2.44. The normalized spacial score (nSPS) is 13.2. The van der Waals surface area contributed by atoms with Crippen LogP contribution in [0.25, 0.3) is 0 Å². The lowest BCUT2D eigenvalue weighted by atomic mass is 9.87. The van der Waals surface area contributed by atoms with Crippen molar-refractivity contribution in [2.45, 2.75) is 102 Å². The van der Waals surface area contributed by atoms with Gasteiger partial charge in [0.1, 0.15) is 0 Å². The molecule has 0 aliphatic carbocycles. The molecule has 0 bridgehead atoms. The van der Waals surface area contributed by atoms with E-state index in [9.17, 15) is 18.0 Å². The number of nitrogens with one attached hydrogen (secondary N) is 2. The minimum Gasteiger partial charge on any atom is -0.328 e. The number of carbonyl (C=O) groups excluding carboxylic acids is 2. The Hall–Kier alpha value is -3.45. The number of amides is 2. The molecule has 0 saturated carbocycles. The molecule has 2 atom stereocenters. The minimum absolute atomic E-state index is 0.0324. The largest absolute Gasteiger partial charge is 0.328 e. The fraction of sp³-hybridized carbons (Fsp3) is 0.444. The molecule has 0 aliphatic rings. The van der Waals surface area contributed by atoms with Crippen LogP contribution in [0.4, 0.5) is 10.5 Å². The van der Waals surface area contributed by atoms with E-state index < -0.39 is 21.9 Å². The molecule has 6 nitrogen and oxygen atoms in total. The van der Waals surface area contributed by atoms with Crippen molar-refractivity contribution < 1.29 is 18.0 Å². The Morgan fingerprint density at radius 3 is 2.05 bits per heavy atom. The van der Waals surface area contributed by atoms with Gasteiger partial charge in [-0.2, -0.15) is 0 Å². The summed E-state index contributed by atoms with van der Waals surface area (Å²) in [6.45, 7) is 10.6. The summed E-state index contributed by atoms with van der Waals surface area (Å²) >= 11 is 0. The minimum atomic E-state index is -3.52. The molecule has 0 spiro atoms. The number of Topliss-reactive ketones (excluding diaryl/α,β-unsaturated/α-hetero) is 1. The summed E-state index contributed by atoms with van der Waals surface area (Å²) in [5, 5.41) is 5.70. The fourth-order valence-electron chi connectivity index (χ4n) is 5.14. The van der Waals surface area contributed by atoms with Crippen molar-refractivity contribution in [1.29, 1.82) is 0 Å². The van der Waals surface area contributed by atoms with Gasteiger partial charge < -0.3 is 10.6 Å². The van der Waals surface area contributed by atoms with Crippen molar-refractivity contribution in [3.8, 4) is 0 Å². The summed E-state index contributed by atoms with van der Waals surface area (Å²) in [6, 6.07) is 22.4. The van der Waals surface area contributed by atoms with Gasteiger partial charge in [-0.25, -0.2) is 13.2 Å². The first-order valence-corrected chi connectivity index (χ1v) is 17.1. The fourth-order valence-corrected chi connectivity index (χ4v) is 6.48. The SMILES string of the molecule is CCCCC(CC)CCC(=O)[C@@H](Cc1ccccc1)NC(=O)Nc1ccc(CS(=O)(=O)c2ccc(C(C)(C)C)cc2)cc1. The number of hydrogen-bond acceptors (Lipinski definition) is 4. The first-order valence-electron chi connectivity index (χ1n) is 15.5. The highest BCUT2D eigenvalue weighted by molar-refractivity contribution is 7.90. The Kier molecular flexibility index (Phi) is 12.6. The van der Waals surface area contributed by atoms with Crippen LogP contribution in [-0.4, -0.2) is 26.3 Å². The van der Waals surface area contributed by atoms with E-state index in [2.05, 4.69) is 45.3 Å². The average Bonchev–Trinajstić information content (AvgIpc) is 2.98. The van der Waals surface area contributed by atoms with Crippen LogP contribution in [0.5, 0.6) is 0 Å². The van der Waals surface area contributed by atoms with Crippen molar-refractivity contribution in [2.24, 2.45) is 5.92 Å². The van der Waals surface area contributed by atoms with Crippen LogP contribution in [0.1, 0.15) is 89.8 Å². The van der Waals surface area contributed by atoms with Gasteiger partial charge in [0.2, 0.25) is 0 Å². The summed E-state index contributed by atoms with van der Waals surface area (Å²) in [5.74, 6) is 0.407. The number of benzene rings is 3. The van der Waals surface area contributed by atoms with E-state index in [1.54, 1.807) is 36.4 Å². The molecule has 43 heavy (non-hydrogen) atoms. The van der Waals surface area contributed by atoms with Gasteiger partial charge >= 0.3 is 6.03 Å². The molecule has 7 heteroatoms. The molecule has 3 aromatic carbocycles. The number of hydrogen-bond donors (Lipinski definition) is 2. The summed E-state index contributed by atoms with van der Waals surface area (Å²) in [7, 11) is -3.52.